The van der Waals surface area contributed by atoms with E-state index in [0.29, 0.717) is 31.9 Å². The van der Waals surface area contributed by atoms with E-state index in [4.69, 9.17) is 15.2 Å². The minimum Gasteiger partial charge on any atom is -0.493 e. The zero-order chi connectivity index (χ0) is 18.5. The van der Waals surface area contributed by atoms with E-state index < -0.39 is 0 Å². The largest absolute Gasteiger partial charge is 0.493 e. The number of anilines is 1. The molecule has 0 spiro atoms. The van der Waals surface area contributed by atoms with Gasteiger partial charge in [0, 0.05) is 19.9 Å². The van der Waals surface area contributed by atoms with Crippen LogP contribution in [0.25, 0.3) is 0 Å². The minimum absolute atomic E-state index is 0.0465. The molecule has 2 aromatic rings. The highest BCUT2D eigenvalue weighted by Crippen LogP contribution is 2.23. The number of hydrogen-bond acceptors (Lipinski definition) is 5. The number of methoxy groups -OCH3 is 1. The zero-order valence-electron chi connectivity index (χ0n) is 15.3. The van der Waals surface area contributed by atoms with E-state index in [-0.39, 0.29) is 18.1 Å². The molecule has 3 rings (SSSR count). The summed E-state index contributed by atoms with van der Waals surface area (Å²) in [5, 5.41) is 4.22. The van der Waals surface area contributed by atoms with Crippen LogP contribution in [-0.2, 0) is 16.1 Å². The van der Waals surface area contributed by atoms with Gasteiger partial charge in [-0.3, -0.25) is 9.48 Å². The summed E-state index contributed by atoms with van der Waals surface area (Å²) < 4.78 is 13.0. The number of aryl methyl sites for hydroxylation is 1. The molecule has 0 unspecified atom stereocenters. The number of carbonyl (C=O) groups is 1. The first-order valence-electron chi connectivity index (χ1n) is 8.86. The maximum Gasteiger partial charge on any atom is 0.226 e. The van der Waals surface area contributed by atoms with Gasteiger partial charge < -0.3 is 20.1 Å². The summed E-state index contributed by atoms with van der Waals surface area (Å²) in [6.45, 7) is 3.56. The zero-order valence-corrected chi connectivity index (χ0v) is 15.3. The summed E-state index contributed by atoms with van der Waals surface area (Å²) >= 11 is 0. The number of ether oxygens (including phenoxy) is 2. The number of para-hydroxylation sites is 1. The van der Waals surface area contributed by atoms with Crippen molar-refractivity contribution in [3.05, 3.63) is 42.1 Å². The SMILES string of the molecule is CO[C@@H]1C[C@@H](Cn2ccc(N)n2)N(C(=O)CCOc2ccccc2C)C1. The molecular formula is C19H26N4O3. The number of amides is 1. The Morgan fingerprint density at radius 2 is 2.15 bits per heavy atom. The van der Waals surface area contributed by atoms with Crippen molar-refractivity contribution in [2.45, 2.75) is 38.5 Å². The van der Waals surface area contributed by atoms with Gasteiger partial charge >= 0.3 is 0 Å². The molecule has 2 N–H and O–H groups in total. The van der Waals surface area contributed by atoms with Crippen molar-refractivity contribution in [1.82, 2.24) is 14.7 Å². The molecule has 0 bridgehead atoms. The predicted octanol–water partition coefficient (Wildman–Crippen LogP) is 1.86. The Balaban J connectivity index is 1.57. The van der Waals surface area contributed by atoms with Crippen molar-refractivity contribution in [2.75, 3.05) is 26.0 Å². The van der Waals surface area contributed by atoms with Crippen LogP contribution in [0.3, 0.4) is 0 Å². The molecule has 2 atom stereocenters. The van der Waals surface area contributed by atoms with Crippen LogP contribution in [0.1, 0.15) is 18.4 Å². The van der Waals surface area contributed by atoms with Gasteiger partial charge in [-0.2, -0.15) is 5.10 Å². The van der Waals surface area contributed by atoms with E-state index in [1.54, 1.807) is 17.9 Å². The number of rotatable bonds is 7. The highest BCUT2D eigenvalue weighted by Gasteiger charge is 2.35. The number of nitrogens with zero attached hydrogens (tertiary/aromatic N) is 3. The molecule has 140 valence electrons. The maximum absolute atomic E-state index is 12.7. The molecule has 26 heavy (non-hydrogen) atoms. The Morgan fingerprint density at radius 1 is 1.35 bits per heavy atom. The van der Waals surface area contributed by atoms with Crippen molar-refractivity contribution in [2.24, 2.45) is 0 Å². The Labute approximate surface area is 153 Å². The van der Waals surface area contributed by atoms with Crippen molar-refractivity contribution in [3.8, 4) is 5.75 Å². The molecule has 0 radical (unpaired) electrons. The van der Waals surface area contributed by atoms with Crippen LogP contribution in [0.5, 0.6) is 5.75 Å². The van der Waals surface area contributed by atoms with Gasteiger partial charge in [-0.05, 0) is 31.0 Å². The number of hydrogen-bond donors (Lipinski definition) is 1. The molecule has 1 aliphatic heterocycles. The fourth-order valence-electron chi connectivity index (χ4n) is 3.33. The summed E-state index contributed by atoms with van der Waals surface area (Å²) in [5.41, 5.74) is 6.74. The molecule has 1 fully saturated rings. The Bertz CT molecular complexity index is 746. The standard InChI is InChI=1S/C19H26N4O3/c1-14-5-3-4-6-17(14)26-10-8-19(24)23-13-16(25-2)11-15(23)12-22-9-7-18(20)21-22/h3-7,9,15-16H,8,10-13H2,1-2H3,(H2,20,21)/t15-,16+/m0/s1. The lowest BCUT2D eigenvalue weighted by atomic mass is 10.2. The highest BCUT2D eigenvalue weighted by molar-refractivity contribution is 5.77. The molecule has 0 aliphatic carbocycles. The smallest absolute Gasteiger partial charge is 0.226 e. The van der Waals surface area contributed by atoms with Gasteiger partial charge in [0.2, 0.25) is 5.91 Å². The monoisotopic (exact) mass is 358 g/mol. The molecule has 1 aromatic heterocycles. The summed E-state index contributed by atoms with van der Waals surface area (Å²) in [5.74, 6) is 1.37. The first-order chi connectivity index (χ1) is 12.6. The maximum atomic E-state index is 12.7. The Morgan fingerprint density at radius 3 is 2.85 bits per heavy atom. The molecular weight excluding hydrogens is 332 g/mol. The quantitative estimate of drug-likeness (QED) is 0.817. The molecule has 1 aromatic carbocycles. The normalized spacial score (nSPS) is 19.7. The van der Waals surface area contributed by atoms with E-state index in [9.17, 15) is 4.79 Å². The van der Waals surface area contributed by atoms with Crippen molar-refractivity contribution in [1.29, 1.82) is 0 Å². The molecule has 7 heteroatoms. The second kappa shape index (κ2) is 8.23. The van der Waals surface area contributed by atoms with Gasteiger partial charge in [0.15, 0.2) is 0 Å². The van der Waals surface area contributed by atoms with E-state index in [1.807, 2.05) is 42.3 Å². The topological polar surface area (TPSA) is 82.6 Å². The molecule has 1 aliphatic rings. The van der Waals surface area contributed by atoms with E-state index >= 15 is 0 Å². The number of likely N-dealkylation sites (tertiary alicyclic amines) is 1. The van der Waals surface area contributed by atoms with Crippen LogP contribution in [-0.4, -0.2) is 53.0 Å². The Hall–Kier alpha value is -2.54. The number of nitrogens with two attached hydrogens (primary N) is 1. The fraction of sp³-hybridized carbons (Fsp3) is 0.474. The fourth-order valence-corrected chi connectivity index (χ4v) is 3.33. The third-order valence-corrected chi connectivity index (χ3v) is 4.76. The number of benzene rings is 1. The van der Waals surface area contributed by atoms with Crippen LogP contribution in [0, 0.1) is 6.92 Å². The second-order valence-electron chi connectivity index (χ2n) is 6.62. The van der Waals surface area contributed by atoms with Gasteiger partial charge in [-0.1, -0.05) is 18.2 Å². The minimum atomic E-state index is 0.0465. The summed E-state index contributed by atoms with van der Waals surface area (Å²) in [6.07, 6.45) is 3.01. The van der Waals surface area contributed by atoms with Gasteiger partial charge in [0.25, 0.3) is 0 Å². The van der Waals surface area contributed by atoms with Crippen LogP contribution in [0.2, 0.25) is 0 Å². The van der Waals surface area contributed by atoms with Crippen LogP contribution in [0.4, 0.5) is 5.82 Å². The number of aromatic nitrogens is 2. The van der Waals surface area contributed by atoms with E-state index in [2.05, 4.69) is 5.10 Å². The Kier molecular flexibility index (Phi) is 5.78. The molecule has 1 saturated heterocycles. The average Bonchev–Trinajstić information content (AvgIpc) is 3.23. The molecule has 0 saturated carbocycles. The van der Waals surface area contributed by atoms with Gasteiger partial charge in [0.1, 0.15) is 11.6 Å². The van der Waals surface area contributed by atoms with Crippen LogP contribution < -0.4 is 10.5 Å². The summed E-state index contributed by atoms with van der Waals surface area (Å²) in [6, 6.07) is 9.61. The van der Waals surface area contributed by atoms with Gasteiger partial charge in [-0.15, -0.1) is 0 Å². The predicted molar refractivity (Wildman–Crippen MR) is 98.8 cm³/mol. The van der Waals surface area contributed by atoms with E-state index in [0.717, 1.165) is 17.7 Å². The van der Waals surface area contributed by atoms with Gasteiger partial charge in [0.05, 0.1) is 31.7 Å². The lowest BCUT2D eigenvalue weighted by Crippen LogP contribution is -2.39. The molecule has 2 heterocycles. The average molecular weight is 358 g/mol. The van der Waals surface area contributed by atoms with Crippen LogP contribution in [0.15, 0.2) is 36.5 Å². The molecule has 7 nitrogen and oxygen atoms in total. The first kappa shape index (κ1) is 18.3. The van der Waals surface area contributed by atoms with Crippen molar-refractivity contribution in [3.63, 3.8) is 0 Å². The van der Waals surface area contributed by atoms with Crippen LogP contribution >= 0.6 is 0 Å². The molecule has 1 amide bonds. The number of nitrogen functional groups attached to an aromatic ring is 1. The number of carbonyl (C=O) groups excluding carboxylic acids is 1. The lowest BCUT2D eigenvalue weighted by Gasteiger charge is -2.24. The summed E-state index contributed by atoms with van der Waals surface area (Å²) in [7, 11) is 1.68. The second-order valence-corrected chi connectivity index (χ2v) is 6.62. The third-order valence-electron chi connectivity index (χ3n) is 4.76. The summed E-state index contributed by atoms with van der Waals surface area (Å²) in [4.78, 5) is 14.6. The van der Waals surface area contributed by atoms with Crippen molar-refractivity contribution < 1.29 is 14.3 Å². The van der Waals surface area contributed by atoms with Crippen molar-refractivity contribution >= 4 is 11.7 Å². The highest BCUT2D eigenvalue weighted by atomic mass is 16.5. The first-order valence-corrected chi connectivity index (χ1v) is 8.86. The third kappa shape index (κ3) is 4.35. The lowest BCUT2D eigenvalue weighted by molar-refractivity contribution is -0.133. The van der Waals surface area contributed by atoms with Gasteiger partial charge in [-0.25, -0.2) is 0 Å². The van der Waals surface area contributed by atoms with E-state index in [1.165, 1.54) is 0 Å².